The predicted octanol–water partition coefficient (Wildman–Crippen LogP) is 4.74. The molecular weight excluding hydrogens is 593 g/mol. The maximum Gasteiger partial charge on any atom is 0.193 e. The smallest absolute Gasteiger partial charge is 0.193 e. The zero-order valence-electron chi connectivity index (χ0n) is 28.8. The van der Waals surface area contributed by atoms with Crippen molar-refractivity contribution < 1.29 is 47.3 Å². The molecule has 0 radical (unpaired) electrons. The number of hydrogen-bond acceptors (Lipinski definition) is 9. The van der Waals surface area contributed by atoms with Gasteiger partial charge in [-0.2, -0.15) is 0 Å². The third-order valence-electron chi connectivity index (χ3n) is 11.7. The highest BCUT2D eigenvalue weighted by Gasteiger charge is 2.77. The van der Waals surface area contributed by atoms with Crippen LogP contribution in [-0.4, -0.2) is 52.7 Å². The minimum absolute atomic E-state index is 0.0541. The van der Waals surface area contributed by atoms with E-state index in [9.17, 15) is 19.8 Å². The lowest BCUT2D eigenvalue weighted by Crippen LogP contribution is -2.66. The number of carbonyl (C=O) groups excluding carboxylic acids is 2. The Bertz CT molecular complexity index is 1780. The van der Waals surface area contributed by atoms with Gasteiger partial charge >= 0.3 is 0 Å². The molecule has 0 bridgehead atoms. The summed E-state index contributed by atoms with van der Waals surface area (Å²) in [7, 11) is -2.96. The molecule has 244 valence electrons. The summed E-state index contributed by atoms with van der Waals surface area (Å²) in [6, 6.07) is 9.34. The van der Waals surface area contributed by atoms with E-state index in [0.29, 0.717) is 36.9 Å². The zero-order chi connectivity index (χ0) is 35.1. The van der Waals surface area contributed by atoms with E-state index in [1.165, 1.54) is 12.1 Å². The number of nitrogen functional groups attached to an aromatic ring is 1. The van der Waals surface area contributed by atoms with Gasteiger partial charge in [0.2, 0.25) is 0 Å². The van der Waals surface area contributed by atoms with Gasteiger partial charge in [-0.25, -0.2) is 4.39 Å². The second-order valence-corrected chi connectivity index (χ2v) is 13.8. The summed E-state index contributed by atoms with van der Waals surface area (Å²) in [6.45, 7) is 2.93. The normalized spacial score (nSPS) is 38.8. The molecular formula is C36H40FNO8. The molecule has 2 aromatic rings. The van der Waals surface area contributed by atoms with Gasteiger partial charge in [0.25, 0.3) is 0 Å². The molecule has 4 fully saturated rings. The summed E-state index contributed by atoms with van der Waals surface area (Å²) < 4.78 is 63.5. The molecule has 1 aliphatic heterocycles. The summed E-state index contributed by atoms with van der Waals surface area (Å²) in [5.74, 6) is -3.14. The fourth-order valence-corrected chi connectivity index (χ4v) is 9.58. The lowest BCUT2D eigenvalue weighted by Gasteiger charge is -2.62. The van der Waals surface area contributed by atoms with E-state index >= 15 is 4.39 Å². The lowest BCUT2D eigenvalue weighted by molar-refractivity contribution is -0.224. The van der Waals surface area contributed by atoms with Gasteiger partial charge in [0.1, 0.15) is 19.0 Å². The van der Waals surface area contributed by atoms with Crippen LogP contribution >= 0.6 is 0 Å². The van der Waals surface area contributed by atoms with Crippen LogP contribution in [0.2, 0.25) is 0 Å². The third kappa shape index (κ3) is 4.19. The highest BCUT2D eigenvalue weighted by Crippen LogP contribution is 2.72. The summed E-state index contributed by atoms with van der Waals surface area (Å²) in [6.07, 6.45) is 4.35. The minimum atomic E-state index is -2.96. The van der Waals surface area contributed by atoms with E-state index in [4.69, 9.17) is 28.8 Å². The summed E-state index contributed by atoms with van der Waals surface area (Å²) in [5.41, 5.74) is 2.92. The number of aliphatic hydroxyl groups excluding tert-OH is 1. The molecule has 7 rings (SSSR count). The van der Waals surface area contributed by atoms with Crippen LogP contribution in [0.25, 0.3) is 0 Å². The van der Waals surface area contributed by atoms with Crippen molar-refractivity contribution in [3.8, 4) is 11.5 Å². The number of Topliss-reactive ketones (excluding diaryl/α,β-unsaturated/α-hetero) is 1. The maximum absolute atomic E-state index is 16.5. The Hall–Kier alpha value is -3.57. The fraction of sp³-hybridized carbons (Fsp3) is 0.500. The van der Waals surface area contributed by atoms with Gasteiger partial charge in [-0.15, -0.1) is 0 Å². The van der Waals surface area contributed by atoms with Crippen LogP contribution in [0.1, 0.15) is 67.5 Å². The molecule has 0 aromatic heterocycles. The van der Waals surface area contributed by atoms with Crippen molar-refractivity contribution in [3.05, 3.63) is 77.1 Å². The molecule has 1 saturated heterocycles. The van der Waals surface area contributed by atoms with E-state index in [1.807, 2.05) is 19.9 Å². The van der Waals surface area contributed by atoms with Gasteiger partial charge in [0.15, 0.2) is 35.0 Å². The topological polar surface area (TPSA) is 138 Å². The SMILES string of the molecule is [2H]C([2H])([2H])Oc1ccc(OCc2cccc(N)c2)c(F)c1C1O[C@H]2CC3C(C)(CC[C@H]4[C@@]5(C)C=CC(=O)C=C5CC[C@@]34O)C2(C(=O)CO)O1. The van der Waals surface area contributed by atoms with Crippen LogP contribution in [0.4, 0.5) is 10.1 Å². The number of anilines is 1. The van der Waals surface area contributed by atoms with Crippen LogP contribution < -0.4 is 15.2 Å². The van der Waals surface area contributed by atoms with Crippen LogP contribution in [0.3, 0.4) is 0 Å². The van der Waals surface area contributed by atoms with Gasteiger partial charge in [-0.1, -0.05) is 37.6 Å². The monoisotopic (exact) mass is 636 g/mol. The summed E-state index contributed by atoms with van der Waals surface area (Å²) in [4.78, 5) is 26.2. The number of halogens is 1. The molecule has 0 amide bonds. The molecule has 2 aromatic carbocycles. The Balaban J connectivity index is 1.26. The minimum Gasteiger partial charge on any atom is -0.496 e. The predicted molar refractivity (Wildman–Crippen MR) is 165 cm³/mol. The lowest BCUT2D eigenvalue weighted by atomic mass is 9.45. The number of fused-ring (bicyclic) bond motifs is 7. The first-order valence-corrected chi connectivity index (χ1v) is 15.7. The van der Waals surface area contributed by atoms with E-state index in [2.05, 4.69) is 0 Å². The molecule has 4 unspecified atom stereocenters. The van der Waals surface area contributed by atoms with Crippen molar-refractivity contribution in [2.75, 3.05) is 19.4 Å². The number of allylic oxidation sites excluding steroid dienone is 4. The van der Waals surface area contributed by atoms with Gasteiger partial charge in [0.05, 0.1) is 28.4 Å². The Labute approximate surface area is 271 Å². The average molecular weight is 637 g/mol. The fourth-order valence-electron chi connectivity index (χ4n) is 9.58. The maximum atomic E-state index is 16.5. The highest BCUT2D eigenvalue weighted by molar-refractivity contribution is 6.01. The summed E-state index contributed by atoms with van der Waals surface area (Å²) >= 11 is 0. The number of ether oxygens (including phenoxy) is 4. The van der Waals surface area contributed by atoms with E-state index in [0.717, 1.165) is 5.57 Å². The quantitative estimate of drug-likeness (QED) is 0.368. The molecule has 8 atom stereocenters. The van der Waals surface area contributed by atoms with E-state index < -0.39 is 71.2 Å². The number of hydrogen-bond donors (Lipinski definition) is 3. The Morgan fingerprint density at radius 2 is 2.00 bits per heavy atom. The second kappa shape index (κ2) is 10.7. The van der Waals surface area contributed by atoms with Crippen LogP contribution in [-0.2, 0) is 25.7 Å². The van der Waals surface area contributed by atoms with Crippen LogP contribution in [0, 0.1) is 28.5 Å². The Morgan fingerprint density at radius 3 is 2.76 bits per heavy atom. The molecule has 4 aliphatic carbocycles. The Morgan fingerprint density at radius 1 is 1.20 bits per heavy atom. The standard InChI is InChI=1S/C36H40FNO8/c1-33-12-10-23(40)16-21(33)9-14-35(42)26(33)11-13-34(2)27(35)17-29-36(34,28(41)18-39)46-32(45-29)30-24(43-3)7-8-25(31(30)37)44-19-20-5-4-6-22(38)15-20/h4-8,10,12,15-16,26-27,29,32,39,42H,9,11,13-14,17-19,38H2,1-3H3/t26-,27?,29-,32?,33-,34?,35-,36?/m0/s1/i3D3. The Kier molecular flexibility index (Phi) is 6.42. The van der Waals surface area contributed by atoms with Crippen LogP contribution in [0.15, 0.2) is 60.2 Å². The van der Waals surface area contributed by atoms with Gasteiger partial charge in [-0.3, -0.25) is 9.59 Å². The van der Waals surface area contributed by atoms with Crippen molar-refractivity contribution >= 4 is 17.3 Å². The van der Waals surface area contributed by atoms with Crippen molar-refractivity contribution in [1.29, 1.82) is 0 Å². The second-order valence-electron chi connectivity index (χ2n) is 13.8. The number of nitrogens with two attached hydrogens (primary N) is 1. The van der Waals surface area contributed by atoms with Crippen molar-refractivity contribution in [2.45, 2.75) is 76.2 Å². The molecule has 4 N–H and O–H groups in total. The van der Waals surface area contributed by atoms with Crippen molar-refractivity contribution in [2.24, 2.45) is 22.7 Å². The number of aliphatic hydroxyl groups is 2. The molecule has 5 aliphatic rings. The molecule has 3 saturated carbocycles. The first-order chi connectivity index (χ1) is 23.1. The summed E-state index contributed by atoms with van der Waals surface area (Å²) in [5, 5.41) is 22.9. The number of methoxy groups -OCH3 is 1. The number of benzene rings is 2. The van der Waals surface area contributed by atoms with Crippen molar-refractivity contribution in [1.82, 2.24) is 0 Å². The number of carbonyl (C=O) groups is 2. The molecule has 46 heavy (non-hydrogen) atoms. The molecule has 9 nitrogen and oxygen atoms in total. The molecule has 10 heteroatoms. The van der Waals surface area contributed by atoms with Crippen LogP contribution in [0.5, 0.6) is 11.5 Å². The van der Waals surface area contributed by atoms with Gasteiger partial charge in [0, 0.05) is 22.4 Å². The third-order valence-corrected chi connectivity index (χ3v) is 11.7. The highest BCUT2D eigenvalue weighted by atomic mass is 19.1. The number of rotatable bonds is 7. The average Bonchev–Trinajstić information content (AvgIpc) is 3.53. The first kappa shape index (κ1) is 27.5. The zero-order valence-corrected chi connectivity index (χ0v) is 25.8. The van der Waals surface area contributed by atoms with E-state index in [1.54, 1.807) is 36.4 Å². The first-order valence-electron chi connectivity index (χ1n) is 17.2. The molecule has 1 heterocycles. The van der Waals surface area contributed by atoms with E-state index in [-0.39, 0.29) is 36.2 Å². The largest absolute Gasteiger partial charge is 0.496 e. The van der Waals surface area contributed by atoms with Crippen molar-refractivity contribution in [3.63, 3.8) is 0 Å². The van der Waals surface area contributed by atoms with Gasteiger partial charge in [-0.05, 0) is 80.0 Å². The molecule has 0 spiro atoms. The number of ketones is 2. The van der Waals surface area contributed by atoms with Gasteiger partial charge < -0.3 is 34.9 Å².